The lowest BCUT2D eigenvalue weighted by Crippen LogP contribution is -2.28. The van der Waals surface area contributed by atoms with Gasteiger partial charge in [-0.1, -0.05) is 23.4 Å². The molecule has 1 unspecified atom stereocenters. The van der Waals surface area contributed by atoms with E-state index in [1.54, 1.807) is 30.3 Å². The van der Waals surface area contributed by atoms with Crippen molar-refractivity contribution in [3.63, 3.8) is 0 Å². The molecule has 6 rings (SSSR count). The number of fused-ring (bicyclic) bond motifs is 4. The number of likely N-dealkylation sites (N-methyl/N-ethyl adjacent to an activating group) is 1. The van der Waals surface area contributed by atoms with Crippen molar-refractivity contribution < 1.29 is 28.3 Å². The first kappa shape index (κ1) is 22.2. The van der Waals surface area contributed by atoms with Crippen molar-refractivity contribution in [2.75, 3.05) is 26.0 Å². The molecule has 0 fully saturated rings. The molecule has 3 aliphatic rings. The summed E-state index contributed by atoms with van der Waals surface area (Å²) in [7, 11) is 3.54. The number of amides is 1. The Bertz CT molecular complexity index is 1470. The Hall–Kier alpha value is -4.24. The predicted octanol–water partition coefficient (Wildman–Crippen LogP) is 4.03. The predicted molar refractivity (Wildman–Crippen MR) is 129 cm³/mol. The molecule has 0 spiro atoms. The normalized spacial score (nSPS) is 19.4. The minimum absolute atomic E-state index is 0.0538. The summed E-state index contributed by atoms with van der Waals surface area (Å²) in [6, 6.07) is 13.1. The lowest BCUT2D eigenvalue weighted by molar-refractivity contribution is -0.112. The first-order valence-corrected chi connectivity index (χ1v) is 11.5. The maximum Gasteiger partial charge on any atom is 0.342 e. The molecule has 3 aromatic carbocycles. The van der Waals surface area contributed by atoms with Gasteiger partial charge >= 0.3 is 5.97 Å². The smallest absolute Gasteiger partial charge is 0.342 e. The molecule has 8 nitrogen and oxygen atoms in total. The van der Waals surface area contributed by atoms with Gasteiger partial charge in [0.1, 0.15) is 11.6 Å². The SMILES string of the molecule is COc1ccc(F)cc1-c1cc2c(c3c1CCN(C)C3)NC(=O)C2=NOC1OC(=O)c2ccccc21. The molecule has 0 saturated heterocycles. The zero-order valence-electron chi connectivity index (χ0n) is 19.6. The lowest BCUT2D eigenvalue weighted by Gasteiger charge is -2.29. The first-order chi connectivity index (χ1) is 17.4. The molecule has 0 aliphatic carbocycles. The molecule has 1 N–H and O–H groups in total. The van der Waals surface area contributed by atoms with E-state index < -0.39 is 18.2 Å². The standard InChI is InChI=1S/C27H22FN3O5/c1-31-10-9-15-18(19-11-14(28)7-8-22(19)34-2)12-20-23(21(15)13-31)29-25(32)24(20)30-36-27-17-6-4-3-5-16(17)26(33)35-27/h3-8,11-12,27H,9-10,13H2,1-2H3,(H,29,30,32). The van der Waals surface area contributed by atoms with E-state index >= 15 is 0 Å². The van der Waals surface area contributed by atoms with E-state index in [2.05, 4.69) is 15.4 Å². The van der Waals surface area contributed by atoms with E-state index in [0.29, 0.717) is 40.2 Å². The van der Waals surface area contributed by atoms with Crippen molar-refractivity contribution in [3.8, 4) is 16.9 Å². The van der Waals surface area contributed by atoms with Crippen molar-refractivity contribution in [2.45, 2.75) is 19.3 Å². The molecule has 0 bridgehead atoms. The Morgan fingerprint density at radius 1 is 1.06 bits per heavy atom. The number of oxime groups is 1. The summed E-state index contributed by atoms with van der Waals surface area (Å²) in [5.74, 6) is -0.800. The van der Waals surface area contributed by atoms with Crippen molar-refractivity contribution in [1.82, 2.24) is 4.90 Å². The van der Waals surface area contributed by atoms with Gasteiger partial charge in [-0.15, -0.1) is 0 Å². The van der Waals surface area contributed by atoms with E-state index in [1.165, 1.54) is 19.2 Å². The first-order valence-electron chi connectivity index (χ1n) is 11.5. The van der Waals surface area contributed by atoms with Gasteiger partial charge < -0.3 is 24.5 Å². The average molecular weight is 487 g/mol. The van der Waals surface area contributed by atoms with Crippen molar-refractivity contribution >= 4 is 23.3 Å². The molecule has 182 valence electrons. The minimum Gasteiger partial charge on any atom is -0.496 e. The number of halogens is 1. The van der Waals surface area contributed by atoms with Crippen LogP contribution in [0.15, 0.2) is 53.7 Å². The van der Waals surface area contributed by atoms with Crippen LogP contribution in [0.1, 0.15) is 38.9 Å². The lowest BCUT2D eigenvalue weighted by atomic mass is 9.87. The molecule has 3 aliphatic heterocycles. The Morgan fingerprint density at radius 3 is 2.72 bits per heavy atom. The molecule has 36 heavy (non-hydrogen) atoms. The Balaban J connectivity index is 1.47. The van der Waals surface area contributed by atoms with E-state index in [0.717, 1.165) is 29.7 Å². The number of cyclic esters (lactones) is 1. The van der Waals surface area contributed by atoms with Crippen LogP contribution in [0.5, 0.6) is 5.75 Å². The van der Waals surface area contributed by atoms with Gasteiger partial charge in [-0.3, -0.25) is 4.79 Å². The van der Waals surface area contributed by atoms with Crippen LogP contribution >= 0.6 is 0 Å². The molecule has 1 amide bonds. The second-order valence-electron chi connectivity index (χ2n) is 8.96. The molecular formula is C27H22FN3O5. The number of hydrogen-bond acceptors (Lipinski definition) is 7. The zero-order valence-corrected chi connectivity index (χ0v) is 19.6. The van der Waals surface area contributed by atoms with Crippen LogP contribution in [0.3, 0.4) is 0 Å². The van der Waals surface area contributed by atoms with Crippen LogP contribution in [-0.4, -0.2) is 43.2 Å². The quantitative estimate of drug-likeness (QED) is 0.442. The fourth-order valence-electron chi connectivity index (χ4n) is 5.03. The highest BCUT2D eigenvalue weighted by Gasteiger charge is 2.36. The van der Waals surface area contributed by atoms with Gasteiger partial charge in [0.25, 0.3) is 12.2 Å². The largest absolute Gasteiger partial charge is 0.496 e. The van der Waals surface area contributed by atoms with Gasteiger partial charge in [0, 0.05) is 29.8 Å². The van der Waals surface area contributed by atoms with Crippen LogP contribution in [-0.2, 0) is 27.3 Å². The zero-order chi connectivity index (χ0) is 25.0. The molecule has 3 heterocycles. The molecule has 3 aromatic rings. The second kappa shape index (κ2) is 8.46. The highest BCUT2D eigenvalue weighted by molar-refractivity contribution is 6.54. The highest BCUT2D eigenvalue weighted by atomic mass is 19.1. The van der Waals surface area contributed by atoms with Crippen molar-refractivity contribution in [2.24, 2.45) is 5.16 Å². The number of nitrogens with one attached hydrogen (secondary N) is 1. The fraction of sp³-hybridized carbons (Fsp3) is 0.222. The number of hydrogen-bond donors (Lipinski definition) is 1. The second-order valence-corrected chi connectivity index (χ2v) is 8.96. The molecule has 0 saturated carbocycles. The van der Waals surface area contributed by atoms with E-state index in [1.807, 2.05) is 13.1 Å². The fourth-order valence-corrected chi connectivity index (χ4v) is 5.03. The summed E-state index contributed by atoms with van der Waals surface area (Å²) in [6.07, 6.45) is -0.327. The molecular weight excluding hydrogens is 465 g/mol. The summed E-state index contributed by atoms with van der Waals surface area (Å²) in [6.45, 7) is 1.42. The summed E-state index contributed by atoms with van der Waals surface area (Å²) >= 11 is 0. The van der Waals surface area contributed by atoms with Crippen LogP contribution in [0.2, 0.25) is 0 Å². The number of methoxy groups -OCH3 is 1. The molecule has 1 atom stereocenters. The maximum absolute atomic E-state index is 14.3. The van der Waals surface area contributed by atoms with E-state index in [-0.39, 0.29) is 11.5 Å². The van der Waals surface area contributed by atoms with Gasteiger partial charge in [0.05, 0.1) is 18.4 Å². The maximum atomic E-state index is 14.3. The van der Waals surface area contributed by atoms with Gasteiger partial charge in [-0.2, -0.15) is 0 Å². The summed E-state index contributed by atoms with van der Waals surface area (Å²) in [5, 5.41) is 7.06. The van der Waals surface area contributed by atoms with Crippen LogP contribution < -0.4 is 10.1 Å². The topological polar surface area (TPSA) is 89.5 Å². The summed E-state index contributed by atoms with van der Waals surface area (Å²) in [5.41, 5.74) is 5.53. The number of rotatable bonds is 4. The number of carbonyl (C=O) groups is 2. The minimum atomic E-state index is -1.05. The number of anilines is 1. The average Bonchev–Trinajstić information content (AvgIpc) is 3.38. The van der Waals surface area contributed by atoms with E-state index in [4.69, 9.17) is 14.3 Å². The van der Waals surface area contributed by atoms with Gasteiger partial charge in [0.15, 0.2) is 5.71 Å². The Labute approximate surface area is 206 Å². The van der Waals surface area contributed by atoms with Crippen LogP contribution in [0, 0.1) is 5.82 Å². The molecule has 0 radical (unpaired) electrons. The summed E-state index contributed by atoms with van der Waals surface area (Å²) in [4.78, 5) is 32.9. The van der Waals surface area contributed by atoms with Crippen LogP contribution in [0.4, 0.5) is 10.1 Å². The third kappa shape index (κ3) is 3.51. The highest BCUT2D eigenvalue weighted by Crippen LogP contribution is 2.43. The van der Waals surface area contributed by atoms with Crippen molar-refractivity contribution in [3.05, 3.63) is 82.2 Å². The van der Waals surface area contributed by atoms with Crippen LogP contribution in [0.25, 0.3) is 11.1 Å². The number of benzene rings is 3. The monoisotopic (exact) mass is 487 g/mol. The molecule has 0 aromatic heterocycles. The van der Waals surface area contributed by atoms with Gasteiger partial charge in [-0.25, -0.2) is 9.18 Å². The third-order valence-corrected chi connectivity index (χ3v) is 6.77. The molecule has 9 heteroatoms. The number of carbonyl (C=O) groups excluding carboxylic acids is 2. The van der Waals surface area contributed by atoms with Gasteiger partial charge in [-0.05, 0) is 60.5 Å². The van der Waals surface area contributed by atoms with Crippen molar-refractivity contribution in [1.29, 1.82) is 0 Å². The number of nitrogens with zero attached hydrogens (tertiary/aromatic N) is 2. The van der Waals surface area contributed by atoms with Gasteiger partial charge in [0.2, 0.25) is 0 Å². The number of ether oxygens (including phenoxy) is 2. The number of esters is 1. The Kier molecular flexibility index (Phi) is 5.22. The third-order valence-electron chi connectivity index (χ3n) is 6.77. The summed E-state index contributed by atoms with van der Waals surface area (Å²) < 4.78 is 25.1. The Morgan fingerprint density at radius 2 is 1.89 bits per heavy atom. The van der Waals surface area contributed by atoms with E-state index in [9.17, 15) is 14.0 Å².